The van der Waals surface area contributed by atoms with Crippen LogP contribution in [0.4, 0.5) is 0 Å². The van der Waals surface area contributed by atoms with Crippen molar-refractivity contribution in [1.29, 1.82) is 5.26 Å². The number of hydrogen-bond donors (Lipinski definition) is 0. The summed E-state index contributed by atoms with van der Waals surface area (Å²) in [6.07, 6.45) is 4.42. The van der Waals surface area contributed by atoms with Crippen LogP contribution >= 0.6 is 0 Å². The van der Waals surface area contributed by atoms with Gasteiger partial charge >= 0.3 is 0 Å². The minimum Gasteiger partial charge on any atom is -0.494 e. The summed E-state index contributed by atoms with van der Waals surface area (Å²) in [5.41, 5.74) is 2.92. The average Bonchev–Trinajstić information content (AvgIpc) is 2.55. The summed E-state index contributed by atoms with van der Waals surface area (Å²) < 4.78 is 5.72. The molecule has 2 heteroatoms. The topological polar surface area (TPSA) is 33.0 Å². The van der Waals surface area contributed by atoms with Gasteiger partial charge in [-0.3, -0.25) is 0 Å². The molecule has 0 saturated heterocycles. The molecular weight excluding hydrogens is 258 g/mol. The highest BCUT2D eigenvalue weighted by atomic mass is 16.5. The smallest absolute Gasteiger partial charge is 0.119 e. The van der Waals surface area contributed by atoms with Gasteiger partial charge in [-0.2, -0.15) is 5.26 Å². The van der Waals surface area contributed by atoms with Crippen LogP contribution in [0.2, 0.25) is 0 Å². The molecule has 0 spiro atoms. The summed E-state index contributed by atoms with van der Waals surface area (Å²) in [5, 5.41) is 8.80. The van der Waals surface area contributed by atoms with Crippen molar-refractivity contribution in [2.75, 3.05) is 6.61 Å². The molecule has 0 bridgehead atoms. The molecule has 0 aliphatic carbocycles. The molecule has 2 nitrogen and oxygen atoms in total. The Hall–Kier alpha value is -2.27. The minimum absolute atomic E-state index is 0.681. The maximum atomic E-state index is 8.80. The van der Waals surface area contributed by atoms with Gasteiger partial charge in [0, 0.05) is 0 Å². The highest BCUT2D eigenvalue weighted by Crippen LogP contribution is 2.22. The predicted molar refractivity (Wildman–Crippen MR) is 85.9 cm³/mol. The van der Waals surface area contributed by atoms with E-state index in [1.807, 2.05) is 48.5 Å². The summed E-state index contributed by atoms with van der Waals surface area (Å²) in [7, 11) is 0. The van der Waals surface area contributed by atoms with Gasteiger partial charge in [0.05, 0.1) is 18.2 Å². The number of nitrogens with zero attached hydrogens (tertiary/aromatic N) is 1. The first kappa shape index (κ1) is 15.1. The molecule has 2 aromatic carbocycles. The first-order valence-corrected chi connectivity index (χ1v) is 7.36. The largest absolute Gasteiger partial charge is 0.494 e. The number of benzene rings is 2. The lowest BCUT2D eigenvalue weighted by molar-refractivity contribution is 0.305. The maximum absolute atomic E-state index is 8.80. The highest BCUT2D eigenvalue weighted by Gasteiger charge is 1.99. The van der Waals surface area contributed by atoms with E-state index in [-0.39, 0.29) is 0 Å². The average molecular weight is 278 g/mol. The molecule has 0 heterocycles. The predicted octanol–water partition coefficient (Wildman–Crippen LogP) is 5.00. The molecule has 0 fully saturated rings. The first-order valence-electron chi connectivity index (χ1n) is 7.36. The summed E-state index contributed by atoms with van der Waals surface area (Å²) in [5.74, 6) is 0.905. The van der Waals surface area contributed by atoms with Gasteiger partial charge in [-0.05, 0) is 41.8 Å². The fourth-order valence-corrected chi connectivity index (χ4v) is 2.13. The van der Waals surface area contributed by atoms with Crippen molar-refractivity contribution in [3.8, 4) is 22.9 Å². The van der Waals surface area contributed by atoms with E-state index in [9.17, 15) is 0 Å². The monoisotopic (exact) mass is 278 g/mol. The fraction of sp³-hybridized carbons (Fsp3) is 0.263. The number of hydrogen-bond acceptors (Lipinski definition) is 2. The van der Waals surface area contributed by atoms with Crippen LogP contribution in [0, 0.1) is 18.3 Å². The second kappa shape index (κ2) is 8.11. The molecule has 1 radical (unpaired) electrons. The quantitative estimate of drug-likeness (QED) is 0.668. The number of unbranched alkanes of at least 4 members (excludes halogenated alkanes) is 3. The molecule has 0 N–H and O–H groups in total. The molecule has 0 unspecified atom stereocenters. The van der Waals surface area contributed by atoms with Gasteiger partial charge in [0.1, 0.15) is 5.75 Å². The van der Waals surface area contributed by atoms with Crippen LogP contribution in [-0.2, 0) is 0 Å². The van der Waals surface area contributed by atoms with E-state index in [0.29, 0.717) is 5.56 Å². The van der Waals surface area contributed by atoms with Crippen molar-refractivity contribution in [1.82, 2.24) is 0 Å². The van der Waals surface area contributed by atoms with Crippen molar-refractivity contribution in [2.24, 2.45) is 0 Å². The third-order valence-corrected chi connectivity index (χ3v) is 3.36. The summed E-state index contributed by atoms with van der Waals surface area (Å²) in [4.78, 5) is 0. The molecular formula is C19H20NO. The normalized spacial score (nSPS) is 10.1. The van der Waals surface area contributed by atoms with Crippen LogP contribution in [0.15, 0.2) is 48.5 Å². The zero-order valence-electron chi connectivity index (χ0n) is 12.2. The van der Waals surface area contributed by atoms with Crippen molar-refractivity contribution < 1.29 is 4.74 Å². The molecule has 0 aromatic heterocycles. The molecule has 21 heavy (non-hydrogen) atoms. The van der Waals surface area contributed by atoms with Crippen LogP contribution in [-0.4, -0.2) is 6.61 Å². The third-order valence-electron chi connectivity index (χ3n) is 3.36. The summed E-state index contributed by atoms with van der Waals surface area (Å²) in [6.45, 7) is 4.59. The zero-order chi connectivity index (χ0) is 14.9. The molecule has 107 valence electrons. The van der Waals surface area contributed by atoms with Crippen molar-refractivity contribution >= 4 is 0 Å². The Labute approximate surface area is 127 Å². The van der Waals surface area contributed by atoms with Gasteiger partial charge in [0.2, 0.25) is 0 Å². The Balaban J connectivity index is 1.90. The first-order chi connectivity index (χ1) is 10.3. The van der Waals surface area contributed by atoms with Crippen LogP contribution < -0.4 is 4.74 Å². The van der Waals surface area contributed by atoms with E-state index in [1.165, 1.54) is 12.8 Å². The van der Waals surface area contributed by atoms with E-state index in [4.69, 9.17) is 10.00 Å². The number of ether oxygens (including phenoxy) is 1. The van der Waals surface area contributed by atoms with Gasteiger partial charge in [-0.15, -0.1) is 0 Å². The lowest BCUT2D eigenvalue weighted by Crippen LogP contribution is -1.96. The standard InChI is InChI=1S/C19H20NO/c1-2-3-4-5-14-21-19-12-10-18(11-13-19)17-8-6-16(15-20)7-9-17/h6-13H,1-5,14H2. The van der Waals surface area contributed by atoms with Gasteiger partial charge in [-0.1, -0.05) is 50.5 Å². The van der Waals surface area contributed by atoms with E-state index >= 15 is 0 Å². The fourth-order valence-electron chi connectivity index (χ4n) is 2.13. The lowest BCUT2D eigenvalue weighted by atomic mass is 10.0. The second-order valence-corrected chi connectivity index (χ2v) is 4.98. The van der Waals surface area contributed by atoms with Crippen molar-refractivity contribution in [3.63, 3.8) is 0 Å². The van der Waals surface area contributed by atoms with Crippen LogP contribution in [0.1, 0.15) is 31.2 Å². The third kappa shape index (κ3) is 4.65. The maximum Gasteiger partial charge on any atom is 0.119 e. The highest BCUT2D eigenvalue weighted by molar-refractivity contribution is 5.64. The van der Waals surface area contributed by atoms with E-state index in [2.05, 4.69) is 13.0 Å². The SMILES string of the molecule is [CH2]CCCCCOc1ccc(-c2ccc(C#N)cc2)cc1. The molecule has 0 aliphatic rings. The molecule has 0 atom stereocenters. The van der Waals surface area contributed by atoms with E-state index in [1.54, 1.807) is 0 Å². The Morgan fingerprint density at radius 3 is 2.05 bits per heavy atom. The molecule has 2 aromatic rings. The van der Waals surface area contributed by atoms with Crippen LogP contribution in [0.25, 0.3) is 11.1 Å². The summed E-state index contributed by atoms with van der Waals surface area (Å²) in [6, 6.07) is 17.8. The Kier molecular flexibility index (Phi) is 5.84. The number of nitriles is 1. The molecule has 0 saturated carbocycles. The second-order valence-electron chi connectivity index (χ2n) is 4.98. The van der Waals surface area contributed by atoms with Crippen LogP contribution in [0.5, 0.6) is 5.75 Å². The zero-order valence-corrected chi connectivity index (χ0v) is 12.2. The lowest BCUT2D eigenvalue weighted by Gasteiger charge is -2.07. The van der Waals surface area contributed by atoms with E-state index < -0.39 is 0 Å². The Bertz CT molecular complexity index is 578. The Morgan fingerprint density at radius 1 is 0.857 bits per heavy atom. The van der Waals surface area contributed by atoms with Crippen LogP contribution in [0.3, 0.4) is 0 Å². The van der Waals surface area contributed by atoms with Gasteiger partial charge < -0.3 is 4.74 Å². The van der Waals surface area contributed by atoms with Gasteiger partial charge in [-0.25, -0.2) is 0 Å². The molecule has 2 rings (SSSR count). The van der Waals surface area contributed by atoms with Crippen molar-refractivity contribution in [2.45, 2.75) is 25.7 Å². The van der Waals surface area contributed by atoms with Gasteiger partial charge in [0.15, 0.2) is 0 Å². The van der Waals surface area contributed by atoms with Crippen molar-refractivity contribution in [3.05, 3.63) is 61.0 Å². The number of rotatable bonds is 7. The molecule has 0 amide bonds. The molecule has 0 aliphatic heterocycles. The van der Waals surface area contributed by atoms with E-state index in [0.717, 1.165) is 36.3 Å². The van der Waals surface area contributed by atoms with Gasteiger partial charge in [0.25, 0.3) is 0 Å². The minimum atomic E-state index is 0.681. The summed E-state index contributed by atoms with van der Waals surface area (Å²) >= 11 is 0. The Morgan fingerprint density at radius 2 is 1.48 bits per heavy atom.